The summed E-state index contributed by atoms with van der Waals surface area (Å²) < 4.78 is 1.22. The van der Waals surface area contributed by atoms with Crippen molar-refractivity contribution >= 4 is 26.7 Å². The van der Waals surface area contributed by atoms with Gasteiger partial charge in [0.1, 0.15) is 5.82 Å². The Labute approximate surface area is 103 Å². The lowest BCUT2D eigenvalue weighted by atomic mass is 10.3. The zero-order chi connectivity index (χ0) is 11.5. The van der Waals surface area contributed by atoms with Crippen LogP contribution >= 0.6 is 11.3 Å². The summed E-state index contributed by atoms with van der Waals surface area (Å²) in [4.78, 5) is 11.8. The normalized spacial score (nSPS) is 10.8. The van der Waals surface area contributed by atoms with Crippen LogP contribution in [-0.2, 0) is 6.42 Å². The molecule has 0 aliphatic rings. The number of H-pyrrole nitrogens is 1. The molecule has 3 rings (SSSR count). The van der Waals surface area contributed by atoms with Gasteiger partial charge in [0, 0.05) is 25.4 Å². The SMILES string of the molecule is c1ccc2sc(NCCc3ncc[nH]3)nc2c1. The van der Waals surface area contributed by atoms with E-state index >= 15 is 0 Å². The van der Waals surface area contributed by atoms with E-state index in [-0.39, 0.29) is 0 Å². The number of nitrogens with zero attached hydrogens (tertiary/aromatic N) is 2. The summed E-state index contributed by atoms with van der Waals surface area (Å²) in [5, 5.41) is 4.29. The minimum Gasteiger partial charge on any atom is -0.361 e. The largest absolute Gasteiger partial charge is 0.361 e. The third-order valence-corrected chi connectivity index (χ3v) is 3.48. The minimum absolute atomic E-state index is 0.841. The van der Waals surface area contributed by atoms with Crippen LogP contribution in [0.4, 0.5) is 5.13 Å². The Kier molecular flexibility index (Phi) is 2.75. The molecule has 0 aliphatic heterocycles. The topological polar surface area (TPSA) is 53.6 Å². The van der Waals surface area contributed by atoms with E-state index in [9.17, 15) is 0 Å². The number of thiazole rings is 1. The zero-order valence-electron chi connectivity index (χ0n) is 9.18. The summed E-state index contributed by atoms with van der Waals surface area (Å²) in [5.74, 6) is 0.999. The fourth-order valence-electron chi connectivity index (χ4n) is 1.67. The van der Waals surface area contributed by atoms with Crippen molar-refractivity contribution in [3.63, 3.8) is 0 Å². The molecule has 0 saturated carbocycles. The van der Waals surface area contributed by atoms with E-state index in [1.54, 1.807) is 17.5 Å². The second-order valence-electron chi connectivity index (χ2n) is 3.70. The first-order chi connectivity index (χ1) is 8.42. The molecular weight excluding hydrogens is 232 g/mol. The minimum atomic E-state index is 0.841. The summed E-state index contributed by atoms with van der Waals surface area (Å²) in [5.41, 5.74) is 1.05. The van der Waals surface area contributed by atoms with E-state index in [4.69, 9.17) is 0 Å². The molecule has 0 fully saturated rings. The fourth-order valence-corrected chi connectivity index (χ4v) is 2.56. The first-order valence-corrected chi connectivity index (χ1v) is 6.31. The Bertz CT molecular complexity index is 567. The molecule has 2 N–H and O–H groups in total. The molecule has 86 valence electrons. The molecule has 0 aliphatic carbocycles. The van der Waals surface area contributed by atoms with Gasteiger partial charge in [-0.05, 0) is 12.1 Å². The lowest BCUT2D eigenvalue weighted by molar-refractivity contribution is 0.926. The van der Waals surface area contributed by atoms with E-state index in [0.717, 1.165) is 29.4 Å². The molecule has 3 aromatic rings. The first-order valence-electron chi connectivity index (χ1n) is 5.49. The van der Waals surface area contributed by atoms with Gasteiger partial charge in [0.25, 0.3) is 0 Å². The standard InChI is InChI=1S/C12H12N4S/c1-2-4-10-9(3-1)16-12(17-10)15-6-5-11-13-7-8-14-11/h1-4,7-8H,5-6H2,(H,13,14)(H,15,16). The maximum absolute atomic E-state index is 4.51. The molecule has 0 bridgehead atoms. The quantitative estimate of drug-likeness (QED) is 0.742. The molecule has 17 heavy (non-hydrogen) atoms. The number of benzene rings is 1. The Balaban J connectivity index is 1.65. The Morgan fingerprint density at radius 3 is 3.06 bits per heavy atom. The summed E-state index contributed by atoms with van der Waals surface area (Å²) >= 11 is 1.68. The predicted octanol–water partition coefficient (Wildman–Crippen LogP) is 2.67. The van der Waals surface area contributed by atoms with Gasteiger partial charge in [0.05, 0.1) is 10.2 Å². The Morgan fingerprint density at radius 1 is 1.29 bits per heavy atom. The summed E-state index contributed by atoms with van der Waals surface area (Å²) in [6.07, 6.45) is 4.49. The highest BCUT2D eigenvalue weighted by Gasteiger charge is 2.02. The monoisotopic (exact) mass is 244 g/mol. The molecule has 0 amide bonds. The van der Waals surface area contributed by atoms with Gasteiger partial charge in [0.15, 0.2) is 5.13 Å². The summed E-state index contributed by atoms with van der Waals surface area (Å²) in [6, 6.07) is 8.16. The van der Waals surface area contributed by atoms with Crippen LogP contribution < -0.4 is 5.32 Å². The molecule has 0 unspecified atom stereocenters. The van der Waals surface area contributed by atoms with E-state index < -0.39 is 0 Å². The molecule has 4 nitrogen and oxygen atoms in total. The Morgan fingerprint density at radius 2 is 2.24 bits per heavy atom. The van der Waals surface area contributed by atoms with E-state index in [0.29, 0.717) is 0 Å². The van der Waals surface area contributed by atoms with Crippen molar-refractivity contribution in [2.24, 2.45) is 0 Å². The highest BCUT2D eigenvalue weighted by molar-refractivity contribution is 7.22. The lowest BCUT2D eigenvalue weighted by Crippen LogP contribution is -2.05. The predicted molar refractivity (Wildman–Crippen MR) is 70.4 cm³/mol. The smallest absolute Gasteiger partial charge is 0.183 e. The second-order valence-corrected chi connectivity index (χ2v) is 4.73. The Hall–Kier alpha value is -1.88. The number of hydrogen-bond donors (Lipinski definition) is 2. The fraction of sp³-hybridized carbons (Fsp3) is 0.167. The van der Waals surface area contributed by atoms with E-state index in [2.05, 4.69) is 26.3 Å². The molecule has 1 aromatic carbocycles. The third-order valence-electron chi connectivity index (χ3n) is 2.49. The molecule has 2 aromatic heterocycles. The van der Waals surface area contributed by atoms with Gasteiger partial charge in [-0.3, -0.25) is 0 Å². The summed E-state index contributed by atoms with van der Waals surface area (Å²) in [7, 11) is 0. The molecule has 0 saturated heterocycles. The van der Waals surface area contributed by atoms with Crippen LogP contribution in [0.3, 0.4) is 0 Å². The molecule has 0 atom stereocenters. The number of rotatable bonds is 4. The number of aromatic amines is 1. The number of para-hydroxylation sites is 1. The second kappa shape index (κ2) is 4.55. The number of nitrogens with one attached hydrogen (secondary N) is 2. The van der Waals surface area contributed by atoms with Gasteiger partial charge in [-0.15, -0.1) is 0 Å². The van der Waals surface area contributed by atoms with Gasteiger partial charge < -0.3 is 10.3 Å². The first kappa shape index (κ1) is 10.3. The number of hydrogen-bond acceptors (Lipinski definition) is 4. The van der Waals surface area contributed by atoms with Crippen LogP contribution in [0.1, 0.15) is 5.82 Å². The van der Waals surface area contributed by atoms with Gasteiger partial charge in [-0.2, -0.15) is 0 Å². The van der Waals surface area contributed by atoms with Gasteiger partial charge in [-0.25, -0.2) is 9.97 Å². The van der Waals surface area contributed by atoms with Crippen molar-refractivity contribution in [2.75, 3.05) is 11.9 Å². The zero-order valence-corrected chi connectivity index (χ0v) is 10.00. The third kappa shape index (κ3) is 2.29. The van der Waals surface area contributed by atoms with Gasteiger partial charge >= 0.3 is 0 Å². The number of anilines is 1. The maximum atomic E-state index is 4.51. The number of imidazole rings is 1. The number of fused-ring (bicyclic) bond motifs is 1. The van der Waals surface area contributed by atoms with Crippen LogP contribution in [-0.4, -0.2) is 21.5 Å². The van der Waals surface area contributed by atoms with Crippen LogP contribution in [0.2, 0.25) is 0 Å². The van der Waals surface area contributed by atoms with Crippen molar-refractivity contribution in [3.8, 4) is 0 Å². The highest BCUT2D eigenvalue weighted by Crippen LogP contribution is 2.25. The van der Waals surface area contributed by atoms with Crippen molar-refractivity contribution in [1.29, 1.82) is 0 Å². The molecular formula is C12H12N4S. The molecule has 0 spiro atoms. The maximum Gasteiger partial charge on any atom is 0.183 e. The van der Waals surface area contributed by atoms with Crippen LogP contribution in [0, 0.1) is 0 Å². The van der Waals surface area contributed by atoms with Crippen molar-refractivity contribution in [3.05, 3.63) is 42.5 Å². The average Bonchev–Trinajstić information content (AvgIpc) is 2.96. The van der Waals surface area contributed by atoms with Crippen LogP contribution in [0.25, 0.3) is 10.2 Å². The highest BCUT2D eigenvalue weighted by atomic mass is 32.1. The van der Waals surface area contributed by atoms with E-state index in [1.165, 1.54) is 4.70 Å². The van der Waals surface area contributed by atoms with Crippen molar-refractivity contribution < 1.29 is 0 Å². The lowest BCUT2D eigenvalue weighted by Gasteiger charge is -1.99. The van der Waals surface area contributed by atoms with Crippen LogP contribution in [0.15, 0.2) is 36.7 Å². The van der Waals surface area contributed by atoms with Gasteiger partial charge in [0.2, 0.25) is 0 Å². The van der Waals surface area contributed by atoms with E-state index in [1.807, 2.05) is 24.4 Å². The van der Waals surface area contributed by atoms with Crippen LogP contribution in [0.5, 0.6) is 0 Å². The molecule has 2 heterocycles. The molecule has 0 radical (unpaired) electrons. The van der Waals surface area contributed by atoms with Crippen molar-refractivity contribution in [1.82, 2.24) is 15.0 Å². The summed E-state index contributed by atoms with van der Waals surface area (Å²) in [6.45, 7) is 0.841. The molecule has 5 heteroatoms. The van der Waals surface area contributed by atoms with Gasteiger partial charge in [-0.1, -0.05) is 23.5 Å². The van der Waals surface area contributed by atoms with Crippen molar-refractivity contribution in [2.45, 2.75) is 6.42 Å². The average molecular weight is 244 g/mol. The number of aromatic nitrogens is 3.